The van der Waals surface area contributed by atoms with E-state index in [1.807, 2.05) is 30.3 Å². The molecule has 2 heterocycles. The van der Waals surface area contributed by atoms with Crippen LogP contribution in [0, 0.1) is 0 Å². The van der Waals surface area contributed by atoms with Crippen LogP contribution in [0.1, 0.15) is 22.4 Å². The number of nitrogens with zero attached hydrogens (tertiary/aromatic N) is 2. The average molecular weight is 386 g/mol. The number of aromatic nitrogens is 2. The van der Waals surface area contributed by atoms with Gasteiger partial charge in [0.2, 0.25) is 5.91 Å². The Morgan fingerprint density at radius 3 is 2.92 bits per heavy atom. The lowest BCUT2D eigenvalue weighted by molar-refractivity contribution is -0.118. The van der Waals surface area contributed by atoms with E-state index in [9.17, 15) is 9.59 Å². The minimum Gasteiger partial charge on any atom is -0.351 e. The third-order valence-corrected chi connectivity index (χ3v) is 6.79. The molecular weight excluding hydrogens is 366 g/mol. The predicted molar refractivity (Wildman–Crippen MR) is 106 cm³/mol. The van der Waals surface area contributed by atoms with Gasteiger partial charge in [0.25, 0.3) is 5.56 Å². The summed E-state index contributed by atoms with van der Waals surface area (Å²) in [6, 6.07) is 9.79. The Balaban J connectivity index is 1.46. The summed E-state index contributed by atoms with van der Waals surface area (Å²) in [4.78, 5) is 31.6. The average Bonchev–Trinajstić information content (AvgIpc) is 3.23. The van der Waals surface area contributed by atoms with Gasteiger partial charge in [0.15, 0.2) is 5.16 Å². The zero-order valence-corrected chi connectivity index (χ0v) is 16.1. The molecule has 4 rings (SSSR count). The molecule has 0 saturated heterocycles. The van der Waals surface area contributed by atoms with Gasteiger partial charge in [0.1, 0.15) is 4.83 Å². The van der Waals surface area contributed by atoms with E-state index in [-0.39, 0.29) is 17.2 Å². The fraction of sp³-hybridized carbons (Fsp3) is 0.316. The second-order valence-electron chi connectivity index (χ2n) is 6.35. The molecule has 0 spiro atoms. The molecule has 134 valence electrons. The maximum atomic E-state index is 12.7. The number of carbonyl (C=O) groups is 1. The van der Waals surface area contributed by atoms with Crippen LogP contribution in [0.2, 0.25) is 0 Å². The van der Waals surface area contributed by atoms with Crippen LogP contribution in [0.5, 0.6) is 0 Å². The zero-order chi connectivity index (χ0) is 18.1. The lowest BCUT2D eigenvalue weighted by atomic mass is 10.2. The third-order valence-electron chi connectivity index (χ3n) is 4.57. The molecule has 0 radical (unpaired) electrons. The first kappa shape index (κ1) is 17.3. The molecule has 2 aromatic heterocycles. The number of hydrogen-bond donors (Lipinski definition) is 1. The fourth-order valence-corrected chi connectivity index (χ4v) is 5.32. The minimum absolute atomic E-state index is 0.00148. The maximum absolute atomic E-state index is 12.7. The molecule has 1 N–H and O–H groups in total. The Morgan fingerprint density at radius 2 is 2.12 bits per heavy atom. The van der Waals surface area contributed by atoms with Crippen molar-refractivity contribution in [2.45, 2.75) is 31.0 Å². The lowest BCUT2D eigenvalue weighted by Crippen LogP contribution is -2.25. The molecule has 1 amide bonds. The molecule has 0 aliphatic heterocycles. The Kier molecular flexibility index (Phi) is 4.82. The molecular formula is C19H19N3O2S2. The van der Waals surface area contributed by atoms with E-state index in [0.29, 0.717) is 11.7 Å². The van der Waals surface area contributed by atoms with Crippen molar-refractivity contribution in [3.05, 3.63) is 56.7 Å². The summed E-state index contributed by atoms with van der Waals surface area (Å²) in [6.45, 7) is 0.503. The molecule has 1 aliphatic carbocycles. The Labute approximate surface area is 159 Å². The number of hydrogen-bond acceptors (Lipinski definition) is 5. The van der Waals surface area contributed by atoms with Gasteiger partial charge in [-0.05, 0) is 30.4 Å². The largest absolute Gasteiger partial charge is 0.351 e. The highest BCUT2D eigenvalue weighted by molar-refractivity contribution is 7.99. The van der Waals surface area contributed by atoms with Crippen LogP contribution < -0.4 is 10.9 Å². The zero-order valence-electron chi connectivity index (χ0n) is 14.4. The standard InChI is InChI=1S/C19H19N3O2S2/c1-22-18(24)16-13-8-5-9-14(13)26-17(16)21-19(22)25-11-15(23)20-10-12-6-3-2-4-7-12/h2-4,6-7H,5,8-11H2,1H3,(H,20,23). The van der Waals surface area contributed by atoms with Crippen LogP contribution in [0.4, 0.5) is 0 Å². The monoisotopic (exact) mass is 385 g/mol. The quantitative estimate of drug-likeness (QED) is 0.542. The van der Waals surface area contributed by atoms with Gasteiger partial charge in [-0.2, -0.15) is 0 Å². The second-order valence-corrected chi connectivity index (χ2v) is 8.37. The first-order valence-electron chi connectivity index (χ1n) is 8.58. The van der Waals surface area contributed by atoms with Gasteiger partial charge in [-0.25, -0.2) is 4.98 Å². The van der Waals surface area contributed by atoms with Crippen molar-refractivity contribution in [3.8, 4) is 0 Å². The molecule has 0 bridgehead atoms. The first-order chi connectivity index (χ1) is 12.6. The van der Waals surface area contributed by atoms with Crippen molar-refractivity contribution in [3.63, 3.8) is 0 Å². The Bertz CT molecular complexity index is 1020. The molecule has 7 heteroatoms. The molecule has 0 saturated carbocycles. The van der Waals surface area contributed by atoms with E-state index in [2.05, 4.69) is 10.3 Å². The van der Waals surface area contributed by atoms with Crippen molar-refractivity contribution in [1.29, 1.82) is 0 Å². The van der Waals surface area contributed by atoms with Crippen molar-refractivity contribution in [2.24, 2.45) is 7.05 Å². The number of thiophene rings is 1. The third kappa shape index (κ3) is 3.29. The summed E-state index contributed by atoms with van der Waals surface area (Å²) in [6.07, 6.45) is 3.14. The maximum Gasteiger partial charge on any atom is 0.262 e. The summed E-state index contributed by atoms with van der Waals surface area (Å²) in [5.41, 5.74) is 2.25. The van der Waals surface area contributed by atoms with Crippen LogP contribution in [0.25, 0.3) is 10.2 Å². The molecule has 3 aromatic rings. The highest BCUT2D eigenvalue weighted by atomic mass is 32.2. The van der Waals surface area contributed by atoms with E-state index in [1.165, 1.54) is 22.2 Å². The number of fused-ring (bicyclic) bond motifs is 3. The molecule has 26 heavy (non-hydrogen) atoms. The highest BCUT2D eigenvalue weighted by Gasteiger charge is 2.22. The normalized spacial score (nSPS) is 13.1. The van der Waals surface area contributed by atoms with Crippen LogP contribution in [0.15, 0.2) is 40.3 Å². The van der Waals surface area contributed by atoms with Crippen LogP contribution in [-0.2, 0) is 31.2 Å². The highest BCUT2D eigenvalue weighted by Crippen LogP contribution is 2.35. The number of thioether (sulfide) groups is 1. The molecule has 0 atom stereocenters. The smallest absolute Gasteiger partial charge is 0.262 e. The van der Waals surface area contributed by atoms with Crippen LogP contribution >= 0.6 is 23.1 Å². The fourth-order valence-electron chi connectivity index (χ4n) is 3.21. The predicted octanol–water partition coefficient (Wildman–Crippen LogP) is 2.89. The number of carbonyl (C=O) groups excluding carboxylic acids is 1. The Hall–Kier alpha value is -2.12. The summed E-state index contributed by atoms with van der Waals surface area (Å²) >= 11 is 2.93. The van der Waals surface area contributed by atoms with E-state index in [4.69, 9.17) is 0 Å². The molecule has 5 nitrogen and oxygen atoms in total. The van der Waals surface area contributed by atoms with Gasteiger partial charge in [0, 0.05) is 18.5 Å². The summed E-state index contributed by atoms with van der Waals surface area (Å²) in [5, 5.41) is 4.27. The summed E-state index contributed by atoms with van der Waals surface area (Å²) in [7, 11) is 1.73. The van der Waals surface area contributed by atoms with E-state index >= 15 is 0 Å². The van der Waals surface area contributed by atoms with E-state index < -0.39 is 0 Å². The van der Waals surface area contributed by atoms with Gasteiger partial charge in [-0.15, -0.1) is 11.3 Å². The van der Waals surface area contributed by atoms with Gasteiger partial charge < -0.3 is 5.32 Å². The van der Waals surface area contributed by atoms with Gasteiger partial charge in [-0.3, -0.25) is 14.2 Å². The number of nitrogens with one attached hydrogen (secondary N) is 1. The lowest BCUT2D eigenvalue weighted by Gasteiger charge is -2.08. The van der Waals surface area contributed by atoms with Gasteiger partial charge in [-0.1, -0.05) is 42.1 Å². The first-order valence-corrected chi connectivity index (χ1v) is 10.4. The molecule has 0 fully saturated rings. The number of rotatable bonds is 5. The summed E-state index contributed by atoms with van der Waals surface area (Å²) in [5.74, 6) is 0.172. The van der Waals surface area contributed by atoms with Crippen molar-refractivity contribution < 1.29 is 4.79 Å². The van der Waals surface area contributed by atoms with E-state index in [0.717, 1.165) is 35.0 Å². The van der Waals surface area contributed by atoms with E-state index in [1.54, 1.807) is 23.0 Å². The Morgan fingerprint density at radius 1 is 1.31 bits per heavy atom. The van der Waals surface area contributed by atoms with Crippen molar-refractivity contribution in [1.82, 2.24) is 14.9 Å². The minimum atomic E-state index is -0.0677. The van der Waals surface area contributed by atoms with Crippen molar-refractivity contribution in [2.75, 3.05) is 5.75 Å². The van der Waals surface area contributed by atoms with Crippen molar-refractivity contribution >= 4 is 39.2 Å². The molecule has 1 aromatic carbocycles. The number of benzene rings is 1. The summed E-state index contributed by atoms with van der Waals surface area (Å²) < 4.78 is 1.57. The SMILES string of the molecule is Cn1c(SCC(=O)NCc2ccccc2)nc2sc3c(c2c1=O)CCC3. The van der Waals surface area contributed by atoms with Gasteiger partial charge >= 0.3 is 0 Å². The topological polar surface area (TPSA) is 64.0 Å². The molecule has 1 aliphatic rings. The van der Waals surface area contributed by atoms with Gasteiger partial charge in [0.05, 0.1) is 11.1 Å². The second kappa shape index (κ2) is 7.25. The number of aryl methyl sites for hydroxylation is 2. The number of amides is 1. The van der Waals surface area contributed by atoms with Crippen LogP contribution in [-0.4, -0.2) is 21.2 Å². The molecule has 0 unspecified atom stereocenters. The van der Waals surface area contributed by atoms with Crippen LogP contribution in [0.3, 0.4) is 0 Å².